The van der Waals surface area contributed by atoms with Crippen molar-refractivity contribution in [1.29, 1.82) is 0 Å². The fraction of sp³-hybridized carbons (Fsp3) is 0.240. The molecule has 170 valence electrons. The molecule has 1 spiro atoms. The van der Waals surface area contributed by atoms with E-state index in [4.69, 9.17) is 4.74 Å². The number of anilines is 1. The van der Waals surface area contributed by atoms with Gasteiger partial charge in [0.15, 0.2) is 5.54 Å². The Labute approximate surface area is 190 Å². The summed E-state index contributed by atoms with van der Waals surface area (Å²) in [5.74, 6) is -3.47. The normalized spacial score (nSPS) is 21.2. The van der Waals surface area contributed by atoms with Gasteiger partial charge in [-0.15, -0.1) is 6.58 Å². The van der Waals surface area contributed by atoms with Gasteiger partial charge >= 0.3 is 0 Å². The van der Waals surface area contributed by atoms with E-state index in [-0.39, 0.29) is 24.2 Å². The minimum absolute atomic E-state index is 0.0562. The quantitative estimate of drug-likeness (QED) is 0.230. The van der Waals surface area contributed by atoms with E-state index >= 15 is 0 Å². The zero-order valence-corrected chi connectivity index (χ0v) is 18.1. The number of likely N-dealkylation sites (tertiary alicyclic amines) is 1. The Morgan fingerprint density at radius 2 is 1.85 bits per heavy atom. The molecule has 0 aromatic heterocycles. The van der Waals surface area contributed by atoms with Crippen molar-refractivity contribution in [3.63, 3.8) is 0 Å². The number of aliphatic hydroxyl groups excluding tert-OH is 1. The summed E-state index contributed by atoms with van der Waals surface area (Å²) in [7, 11) is 1.51. The van der Waals surface area contributed by atoms with Crippen LogP contribution in [0.1, 0.15) is 17.5 Å². The first-order chi connectivity index (χ1) is 15.9. The lowest BCUT2D eigenvalue weighted by Crippen LogP contribution is -2.52. The van der Waals surface area contributed by atoms with E-state index in [1.807, 2.05) is 0 Å². The lowest BCUT2D eigenvalue weighted by molar-refractivity contribution is -0.143. The summed E-state index contributed by atoms with van der Waals surface area (Å²) in [5.41, 5.74) is -1.12. The fourth-order valence-corrected chi connectivity index (χ4v) is 4.60. The van der Waals surface area contributed by atoms with E-state index < -0.39 is 34.7 Å². The molecule has 7 nitrogen and oxygen atoms in total. The first kappa shape index (κ1) is 22.4. The van der Waals surface area contributed by atoms with Crippen LogP contribution < -0.4 is 4.90 Å². The molecule has 1 fully saturated rings. The minimum atomic E-state index is -1.85. The number of ether oxygens (including phenoxy) is 1. The Hall–Kier alpha value is -3.78. The third-order valence-electron chi connectivity index (χ3n) is 5.97. The molecule has 2 aromatic rings. The third-order valence-corrected chi connectivity index (χ3v) is 5.97. The molecule has 0 radical (unpaired) electrons. The maximum atomic E-state index is 14.0. The van der Waals surface area contributed by atoms with Crippen molar-refractivity contribution in [2.24, 2.45) is 0 Å². The van der Waals surface area contributed by atoms with Gasteiger partial charge in [-0.25, -0.2) is 4.39 Å². The number of carbonyl (C=O) groups excluding carboxylic acids is 3. The zero-order valence-electron chi connectivity index (χ0n) is 18.1. The largest absolute Gasteiger partial charge is 0.507 e. The Bertz CT molecular complexity index is 1170. The third kappa shape index (κ3) is 3.25. The number of aliphatic hydroxyl groups is 1. The summed E-state index contributed by atoms with van der Waals surface area (Å²) in [6.07, 6.45) is 1.92. The molecule has 1 unspecified atom stereocenters. The van der Waals surface area contributed by atoms with Crippen LogP contribution in [-0.2, 0) is 24.7 Å². The molecule has 1 saturated heterocycles. The van der Waals surface area contributed by atoms with Gasteiger partial charge in [0.25, 0.3) is 17.6 Å². The second-order valence-corrected chi connectivity index (χ2v) is 7.79. The molecule has 1 atom stereocenters. The van der Waals surface area contributed by atoms with Gasteiger partial charge in [0.05, 0.1) is 11.3 Å². The fourth-order valence-electron chi connectivity index (χ4n) is 4.60. The summed E-state index contributed by atoms with van der Waals surface area (Å²) in [6, 6.07) is 11.7. The smallest absolute Gasteiger partial charge is 0.296 e. The second kappa shape index (κ2) is 8.63. The summed E-state index contributed by atoms with van der Waals surface area (Å²) in [6.45, 7) is 4.23. The number of Topliss-reactive ketones (excluding diaryl/α,β-unsaturated/α-hetero) is 1. The van der Waals surface area contributed by atoms with Crippen LogP contribution in [0, 0.1) is 5.82 Å². The van der Waals surface area contributed by atoms with Crippen LogP contribution >= 0.6 is 0 Å². The molecule has 33 heavy (non-hydrogen) atoms. The Balaban J connectivity index is 2.02. The monoisotopic (exact) mass is 450 g/mol. The number of fused-ring (bicyclic) bond motifs is 2. The van der Waals surface area contributed by atoms with Gasteiger partial charge in [-0.3, -0.25) is 14.4 Å². The standard InChI is InChI=1S/C25H23FN2O5/c1-3-13-27-19-8-5-4-7-18(19)25(24(27)32)20(21(29)16-9-11-17(26)12-10-16)22(30)23(31)28(25)14-6-15-33-2/h3-5,7-12,29H,1,6,13-15H2,2H3/b21-20-. The highest BCUT2D eigenvalue weighted by Gasteiger charge is 2.66. The Morgan fingerprint density at radius 1 is 1.15 bits per heavy atom. The van der Waals surface area contributed by atoms with Crippen molar-refractivity contribution in [3.05, 3.63) is 83.7 Å². The number of benzene rings is 2. The zero-order chi connectivity index (χ0) is 23.8. The summed E-state index contributed by atoms with van der Waals surface area (Å²) < 4.78 is 18.6. The van der Waals surface area contributed by atoms with Crippen molar-refractivity contribution >= 4 is 29.0 Å². The molecule has 1 N–H and O–H groups in total. The van der Waals surface area contributed by atoms with E-state index in [0.717, 1.165) is 12.1 Å². The van der Waals surface area contributed by atoms with Crippen molar-refractivity contribution in [1.82, 2.24) is 4.90 Å². The number of methoxy groups -OCH3 is 1. The number of rotatable bonds is 7. The molecular weight excluding hydrogens is 427 g/mol. The molecule has 2 aliphatic rings. The molecule has 4 rings (SSSR count). The van der Waals surface area contributed by atoms with Crippen molar-refractivity contribution in [3.8, 4) is 0 Å². The number of carbonyl (C=O) groups is 3. The van der Waals surface area contributed by atoms with Gasteiger partial charge in [0.2, 0.25) is 0 Å². The van der Waals surface area contributed by atoms with E-state index in [1.165, 1.54) is 29.0 Å². The van der Waals surface area contributed by atoms with Crippen molar-refractivity contribution in [2.45, 2.75) is 12.0 Å². The molecule has 2 aliphatic heterocycles. The van der Waals surface area contributed by atoms with Gasteiger partial charge < -0.3 is 19.6 Å². The predicted molar refractivity (Wildman–Crippen MR) is 120 cm³/mol. The van der Waals surface area contributed by atoms with Gasteiger partial charge in [-0.2, -0.15) is 0 Å². The maximum Gasteiger partial charge on any atom is 0.296 e. The number of ketones is 1. The highest BCUT2D eigenvalue weighted by molar-refractivity contribution is 6.50. The topological polar surface area (TPSA) is 87.2 Å². The number of nitrogens with zero attached hydrogens (tertiary/aromatic N) is 2. The SMILES string of the molecule is C=CCN1C(=O)C2(/C(=C(\O)c3ccc(F)cc3)C(=O)C(=O)N2CCCOC)c2ccccc21. The number of hydrogen-bond acceptors (Lipinski definition) is 5. The predicted octanol–water partition coefficient (Wildman–Crippen LogP) is 2.97. The lowest BCUT2D eigenvalue weighted by Gasteiger charge is -2.34. The minimum Gasteiger partial charge on any atom is -0.507 e. The van der Waals surface area contributed by atoms with Gasteiger partial charge in [-0.05, 0) is 36.8 Å². The van der Waals surface area contributed by atoms with Crippen LogP contribution in [0.2, 0.25) is 0 Å². The highest BCUT2D eigenvalue weighted by Crippen LogP contribution is 2.53. The van der Waals surface area contributed by atoms with Crippen LogP contribution in [0.5, 0.6) is 0 Å². The Kier molecular flexibility index (Phi) is 5.86. The number of amides is 2. The summed E-state index contributed by atoms with van der Waals surface area (Å²) in [5, 5.41) is 11.2. The molecule has 2 amide bonds. The van der Waals surface area contributed by atoms with Crippen LogP contribution in [0.3, 0.4) is 0 Å². The first-order valence-corrected chi connectivity index (χ1v) is 10.5. The average molecular weight is 450 g/mol. The molecular formula is C25H23FN2O5. The maximum absolute atomic E-state index is 14.0. The summed E-state index contributed by atoms with van der Waals surface area (Å²) >= 11 is 0. The van der Waals surface area contributed by atoms with Crippen LogP contribution in [0.4, 0.5) is 10.1 Å². The molecule has 2 aromatic carbocycles. The van der Waals surface area contributed by atoms with Gasteiger partial charge in [0, 0.05) is 37.9 Å². The summed E-state index contributed by atoms with van der Waals surface area (Å²) in [4.78, 5) is 43.2. The van der Waals surface area contributed by atoms with E-state index in [2.05, 4.69) is 6.58 Å². The Morgan fingerprint density at radius 3 is 2.52 bits per heavy atom. The second-order valence-electron chi connectivity index (χ2n) is 7.79. The number of para-hydroxylation sites is 1. The number of hydrogen-bond donors (Lipinski definition) is 1. The number of halogens is 1. The van der Waals surface area contributed by atoms with Crippen LogP contribution in [0.15, 0.2) is 66.8 Å². The van der Waals surface area contributed by atoms with Crippen LogP contribution in [-0.4, -0.2) is 54.4 Å². The molecule has 0 saturated carbocycles. The molecule has 2 heterocycles. The lowest BCUT2D eigenvalue weighted by atomic mass is 9.82. The van der Waals surface area contributed by atoms with Gasteiger partial charge in [0.1, 0.15) is 11.6 Å². The van der Waals surface area contributed by atoms with Crippen LogP contribution in [0.25, 0.3) is 5.76 Å². The molecule has 0 aliphatic carbocycles. The van der Waals surface area contributed by atoms with Crippen molar-refractivity contribution in [2.75, 3.05) is 31.7 Å². The molecule has 8 heteroatoms. The molecule has 0 bridgehead atoms. The van der Waals surface area contributed by atoms with Gasteiger partial charge in [-0.1, -0.05) is 24.3 Å². The van der Waals surface area contributed by atoms with E-state index in [0.29, 0.717) is 24.3 Å². The average Bonchev–Trinajstić information content (AvgIpc) is 3.19. The van der Waals surface area contributed by atoms with Crippen molar-refractivity contribution < 1.29 is 28.6 Å². The first-order valence-electron chi connectivity index (χ1n) is 10.5. The highest BCUT2D eigenvalue weighted by atomic mass is 19.1. The van der Waals surface area contributed by atoms with E-state index in [9.17, 15) is 23.9 Å². The van der Waals surface area contributed by atoms with E-state index in [1.54, 1.807) is 30.3 Å².